The van der Waals surface area contributed by atoms with Crippen molar-refractivity contribution in [2.24, 2.45) is 0 Å². The molecule has 5 nitrogen and oxygen atoms in total. The van der Waals surface area contributed by atoms with E-state index in [-0.39, 0.29) is 6.04 Å². The molecule has 0 aliphatic carbocycles. The highest BCUT2D eigenvalue weighted by Crippen LogP contribution is 2.31. The SMILES string of the molecule is CC(C)n1ncc(Br)c1C(O)c1cnns1. The molecule has 0 amide bonds. The number of aliphatic hydroxyl groups is 1. The van der Waals surface area contributed by atoms with Crippen molar-refractivity contribution in [3.8, 4) is 0 Å². The first kappa shape index (κ1) is 11.7. The van der Waals surface area contributed by atoms with Crippen LogP contribution in [0.1, 0.15) is 36.6 Å². The molecule has 1 N–H and O–H groups in total. The Bertz CT molecular complexity index is 468. The van der Waals surface area contributed by atoms with Crippen LogP contribution in [-0.4, -0.2) is 24.5 Å². The fourth-order valence-electron chi connectivity index (χ4n) is 1.45. The molecule has 1 unspecified atom stereocenters. The number of hydrogen-bond acceptors (Lipinski definition) is 5. The van der Waals surface area contributed by atoms with Gasteiger partial charge in [-0.25, -0.2) is 0 Å². The molecule has 2 aromatic heterocycles. The van der Waals surface area contributed by atoms with Crippen molar-refractivity contribution in [2.75, 3.05) is 0 Å². The second-order valence-electron chi connectivity index (χ2n) is 3.64. The predicted molar refractivity (Wildman–Crippen MR) is 64.3 cm³/mol. The van der Waals surface area contributed by atoms with E-state index in [1.54, 1.807) is 17.1 Å². The lowest BCUT2D eigenvalue weighted by atomic mass is 10.2. The van der Waals surface area contributed by atoms with Crippen LogP contribution in [0.5, 0.6) is 0 Å². The molecule has 0 bridgehead atoms. The van der Waals surface area contributed by atoms with Crippen molar-refractivity contribution in [2.45, 2.75) is 26.0 Å². The van der Waals surface area contributed by atoms with Gasteiger partial charge in [0.25, 0.3) is 0 Å². The molecule has 7 heteroatoms. The lowest BCUT2D eigenvalue weighted by Crippen LogP contribution is -2.11. The third-order valence-electron chi connectivity index (χ3n) is 2.18. The molecule has 1 atom stereocenters. The molecule has 2 aromatic rings. The Balaban J connectivity index is 2.43. The van der Waals surface area contributed by atoms with Crippen LogP contribution < -0.4 is 0 Å². The molecule has 0 aromatic carbocycles. The molecule has 0 fully saturated rings. The van der Waals surface area contributed by atoms with E-state index in [1.165, 1.54) is 11.5 Å². The molecular weight excluding hydrogens is 292 g/mol. The number of halogens is 1. The van der Waals surface area contributed by atoms with Crippen molar-refractivity contribution in [3.05, 3.63) is 27.4 Å². The fraction of sp³-hybridized carbons (Fsp3) is 0.444. The Labute approximate surface area is 105 Å². The average Bonchev–Trinajstić information content (AvgIpc) is 2.84. The van der Waals surface area contributed by atoms with Gasteiger partial charge in [-0.05, 0) is 41.3 Å². The first-order chi connectivity index (χ1) is 7.61. The van der Waals surface area contributed by atoms with E-state index in [0.717, 1.165) is 10.2 Å². The first-order valence-electron chi connectivity index (χ1n) is 4.79. The summed E-state index contributed by atoms with van der Waals surface area (Å²) in [6.45, 7) is 4.03. The highest BCUT2D eigenvalue weighted by atomic mass is 79.9. The minimum Gasteiger partial charge on any atom is -0.381 e. The first-order valence-corrected chi connectivity index (χ1v) is 6.36. The van der Waals surface area contributed by atoms with Crippen LogP contribution in [0.15, 0.2) is 16.9 Å². The minimum atomic E-state index is -0.737. The Morgan fingerprint density at radius 1 is 1.44 bits per heavy atom. The molecule has 2 rings (SSSR count). The third kappa shape index (κ3) is 2.02. The summed E-state index contributed by atoms with van der Waals surface area (Å²) in [7, 11) is 0. The summed E-state index contributed by atoms with van der Waals surface area (Å²) in [4.78, 5) is 0.711. The van der Waals surface area contributed by atoms with Gasteiger partial charge < -0.3 is 5.11 Å². The summed E-state index contributed by atoms with van der Waals surface area (Å²) >= 11 is 4.58. The van der Waals surface area contributed by atoms with Gasteiger partial charge in [0.15, 0.2) is 0 Å². The zero-order valence-electron chi connectivity index (χ0n) is 8.83. The van der Waals surface area contributed by atoms with Gasteiger partial charge in [0.1, 0.15) is 6.10 Å². The maximum atomic E-state index is 10.2. The van der Waals surface area contributed by atoms with Crippen molar-refractivity contribution < 1.29 is 5.11 Å². The van der Waals surface area contributed by atoms with E-state index in [2.05, 4.69) is 30.6 Å². The maximum absolute atomic E-state index is 10.2. The van der Waals surface area contributed by atoms with E-state index in [1.807, 2.05) is 13.8 Å². The Kier molecular flexibility index (Phi) is 3.36. The zero-order valence-corrected chi connectivity index (χ0v) is 11.2. The topological polar surface area (TPSA) is 63.8 Å². The lowest BCUT2D eigenvalue weighted by molar-refractivity contribution is 0.207. The summed E-state index contributed by atoms with van der Waals surface area (Å²) in [5.41, 5.74) is 0.737. The van der Waals surface area contributed by atoms with E-state index in [0.29, 0.717) is 4.88 Å². The van der Waals surface area contributed by atoms with Crippen LogP contribution in [0.3, 0.4) is 0 Å². The largest absolute Gasteiger partial charge is 0.381 e. The van der Waals surface area contributed by atoms with Gasteiger partial charge in [0.05, 0.1) is 27.4 Å². The van der Waals surface area contributed by atoms with E-state index in [9.17, 15) is 5.11 Å². The van der Waals surface area contributed by atoms with Crippen molar-refractivity contribution in [3.63, 3.8) is 0 Å². The molecule has 0 saturated heterocycles. The van der Waals surface area contributed by atoms with E-state index >= 15 is 0 Å². The fourth-order valence-corrected chi connectivity index (χ4v) is 2.43. The van der Waals surface area contributed by atoms with Crippen molar-refractivity contribution >= 4 is 27.5 Å². The summed E-state index contributed by atoms with van der Waals surface area (Å²) < 4.78 is 6.32. The normalized spacial score (nSPS) is 13.3. The Morgan fingerprint density at radius 2 is 2.19 bits per heavy atom. The second kappa shape index (κ2) is 4.60. The molecule has 0 aliphatic rings. The quantitative estimate of drug-likeness (QED) is 0.944. The Hall–Kier alpha value is -0.790. The monoisotopic (exact) mass is 302 g/mol. The highest BCUT2D eigenvalue weighted by molar-refractivity contribution is 9.10. The summed E-state index contributed by atoms with van der Waals surface area (Å²) in [6.07, 6.45) is 2.52. The molecule has 86 valence electrons. The lowest BCUT2D eigenvalue weighted by Gasteiger charge is -2.14. The van der Waals surface area contributed by atoms with Crippen molar-refractivity contribution in [1.82, 2.24) is 19.4 Å². The number of rotatable bonds is 3. The molecule has 0 spiro atoms. The second-order valence-corrected chi connectivity index (χ2v) is 5.31. The van der Waals surface area contributed by atoms with Gasteiger partial charge in [-0.15, -0.1) is 5.10 Å². The van der Waals surface area contributed by atoms with Crippen LogP contribution in [0.2, 0.25) is 0 Å². The predicted octanol–water partition coefficient (Wildman–Crippen LogP) is 2.16. The number of hydrogen-bond donors (Lipinski definition) is 1. The van der Waals surface area contributed by atoms with Crippen LogP contribution in [0.25, 0.3) is 0 Å². The van der Waals surface area contributed by atoms with E-state index < -0.39 is 6.10 Å². The molecule has 0 radical (unpaired) electrons. The molecule has 0 saturated carbocycles. The van der Waals surface area contributed by atoms with Gasteiger partial charge >= 0.3 is 0 Å². The van der Waals surface area contributed by atoms with Crippen LogP contribution in [0.4, 0.5) is 0 Å². The maximum Gasteiger partial charge on any atom is 0.134 e. The van der Waals surface area contributed by atoms with Crippen molar-refractivity contribution in [1.29, 1.82) is 0 Å². The molecule has 2 heterocycles. The van der Waals surface area contributed by atoms with Gasteiger partial charge in [0, 0.05) is 6.04 Å². The van der Waals surface area contributed by atoms with Gasteiger partial charge in [0.2, 0.25) is 0 Å². The van der Waals surface area contributed by atoms with Gasteiger partial charge in [-0.1, -0.05) is 4.49 Å². The number of aliphatic hydroxyl groups excluding tert-OH is 1. The molecular formula is C9H11BrN4OS. The number of aromatic nitrogens is 4. The van der Waals surface area contributed by atoms with Gasteiger partial charge in [-0.3, -0.25) is 4.68 Å². The van der Waals surface area contributed by atoms with Gasteiger partial charge in [-0.2, -0.15) is 5.10 Å². The van der Waals surface area contributed by atoms with E-state index in [4.69, 9.17) is 0 Å². The summed E-state index contributed by atoms with van der Waals surface area (Å²) in [6, 6.07) is 0.192. The van der Waals surface area contributed by atoms with Crippen LogP contribution >= 0.6 is 27.5 Å². The smallest absolute Gasteiger partial charge is 0.134 e. The average molecular weight is 303 g/mol. The standard InChI is InChI=1S/C9H11BrN4OS/c1-5(2)14-8(6(10)3-12-14)9(15)7-4-11-13-16-7/h3-5,9,15H,1-2H3. The zero-order chi connectivity index (χ0) is 11.7. The molecule has 16 heavy (non-hydrogen) atoms. The third-order valence-corrected chi connectivity index (χ3v) is 3.51. The van der Waals surface area contributed by atoms with Crippen LogP contribution in [0, 0.1) is 0 Å². The minimum absolute atomic E-state index is 0.192. The molecule has 0 aliphatic heterocycles. The Morgan fingerprint density at radius 3 is 2.75 bits per heavy atom. The van der Waals surface area contributed by atoms with Crippen LogP contribution in [-0.2, 0) is 0 Å². The summed E-state index contributed by atoms with van der Waals surface area (Å²) in [5, 5.41) is 18.2. The number of nitrogens with zero attached hydrogens (tertiary/aromatic N) is 4. The summed E-state index contributed by atoms with van der Waals surface area (Å²) in [5.74, 6) is 0. The highest BCUT2D eigenvalue weighted by Gasteiger charge is 2.22.